The lowest BCUT2D eigenvalue weighted by atomic mass is 9.71. The molecular formula is C29H37NO3. The van der Waals surface area contributed by atoms with Crippen LogP contribution in [0.4, 0.5) is 0 Å². The van der Waals surface area contributed by atoms with Crippen molar-refractivity contribution in [2.24, 2.45) is 0 Å². The summed E-state index contributed by atoms with van der Waals surface area (Å²) in [6, 6.07) is 8.02. The predicted octanol–water partition coefficient (Wildman–Crippen LogP) is 6.62. The summed E-state index contributed by atoms with van der Waals surface area (Å²) in [6.45, 7) is 9.71. The fourth-order valence-corrected chi connectivity index (χ4v) is 4.63. The van der Waals surface area contributed by atoms with E-state index in [0.29, 0.717) is 17.9 Å². The topological polar surface area (TPSA) is 48.4 Å². The molecule has 1 aromatic carbocycles. The molecule has 1 aliphatic rings. The maximum absolute atomic E-state index is 11.9. The number of hydrogen-bond acceptors (Lipinski definition) is 4. The van der Waals surface area contributed by atoms with Crippen molar-refractivity contribution in [3.8, 4) is 17.6 Å². The van der Waals surface area contributed by atoms with Gasteiger partial charge in [-0.25, -0.2) is 9.78 Å². The highest BCUT2D eigenvalue weighted by Crippen LogP contribution is 2.44. The van der Waals surface area contributed by atoms with Gasteiger partial charge in [0.15, 0.2) is 0 Å². The van der Waals surface area contributed by atoms with Gasteiger partial charge in [0, 0.05) is 22.7 Å². The van der Waals surface area contributed by atoms with Gasteiger partial charge in [0.05, 0.1) is 18.8 Å². The van der Waals surface area contributed by atoms with Gasteiger partial charge in [-0.05, 0) is 74.8 Å². The monoisotopic (exact) mass is 447 g/mol. The van der Waals surface area contributed by atoms with Gasteiger partial charge in [-0.15, -0.1) is 0 Å². The molecule has 0 N–H and O–H groups in total. The summed E-state index contributed by atoms with van der Waals surface area (Å²) >= 11 is 0. The van der Waals surface area contributed by atoms with E-state index in [4.69, 9.17) is 9.47 Å². The average molecular weight is 448 g/mol. The number of unbranched alkanes of at least 4 members (excludes halogenated alkanes) is 3. The summed E-state index contributed by atoms with van der Waals surface area (Å²) in [7, 11) is 0. The Balaban J connectivity index is 1.94. The number of nitrogens with zero attached hydrogens (tertiary/aromatic N) is 1. The molecule has 1 aliphatic heterocycles. The van der Waals surface area contributed by atoms with Crippen LogP contribution < -0.4 is 4.74 Å². The van der Waals surface area contributed by atoms with Gasteiger partial charge in [-0.3, -0.25) is 0 Å². The van der Waals surface area contributed by atoms with Crippen LogP contribution in [0.2, 0.25) is 0 Å². The van der Waals surface area contributed by atoms with Crippen molar-refractivity contribution < 1.29 is 14.3 Å². The molecule has 176 valence electrons. The molecule has 4 heteroatoms. The molecule has 0 atom stereocenters. The van der Waals surface area contributed by atoms with Crippen molar-refractivity contribution in [1.29, 1.82) is 0 Å². The number of esters is 1. The Morgan fingerprint density at radius 1 is 1.09 bits per heavy atom. The van der Waals surface area contributed by atoms with E-state index in [1.807, 2.05) is 0 Å². The zero-order chi connectivity index (χ0) is 23.7. The molecule has 4 nitrogen and oxygen atoms in total. The van der Waals surface area contributed by atoms with Crippen LogP contribution in [0.25, 0.3) is 0 Å². The molecular weight excluding hydrogens is 410 g/mol. The minimum Gasteiger partial charge on any atom is -0.493 e. The van der Waals surface area contributed by atoms with E-state index >= 15 is 0 Å². The van der Waals surface area contributed by atoms with E-state index in [-0.39, 0.29) is 11.4 Å². The highest BCUT2D eigenvalue weighted by molar-refractivity contribution is 5.89. The largest absolute Gasteiger partial charge is 0.493 e. The van der Waals surface area contributed by atoms with Crippen LogP contribution in [0.1, 0.15) is 105 Å². The minimum absolute atomic E-state index is 0.157. The molecule has 33 heavy (non-hydrogen) atoms. The first-order valence-corrected chi connectivity index (χ1v) is 12.5. The normalized spacial score (nSPS) is 13.9. The van der Waals surface area contributed by atoms with E-state index < -0.39 is 0 Å². The van der Waals surface area contributed by atoms with Crippen LogP contribution >= 0.6 is 0 Å². The number of aryl methyl sites for hydroxylation is 1. The van der Waals surface area contributed by atoms with Crippen LogP contribution in [-0.4, -0.2) is 24.2 Å². The summed E-state index contributed by atoms with van der Waals surface area (Å²) in [5.41, 5.74) is 4.86. The Morgan fingerprint density at radius 2 is 1.91 bits per heavy atom. The van der Waals surface area contributed by atoms with E-state index in [2.05, 4.69) is 49.7 Å². The third kappa shape index (κ3) is 5.96. The quantitative estimate of drug-likeness (QED) is 0.246. The molecule has 0 radical (unpaired) electrons. The molecule has 2 heterocycles. The lowest BCUT2D eigenvalue weighted by Gasteiger charge is -2.38. The number of carbonyl (C=O) groups is 1. The van der Waals surface area contributed by atoms with Gasteiger partial charge < -0.3 is 9.47 Å². The second kappa shape index (κ2) is 11.9. The second-order valence-corrected chi connectivity index (χ2v) is 8.80. The summed E-state index contributed by atoms with van der Waals surface area (Å²) < 4.78 is 11.2. The lowest BCUT2D eigenvalue weighted by molar-refractivity contribution is 0.0526. The fraction of sp³-hybridized carbons (Fsp3) is 0.517. The highest BCUT2D eigenvalue weighted by atomic mass is 16.5. The summed E-state index contributed by atoms with van der Waals surface area (Å²) in [5, 5.41) is 0. The van der Waals surface area contributed by atoms with E-state index in [1.54, 1.807) is 19.1 Å². The Bertz CT molecular complexity index is 994. The maximum atomic E-state index is 11.9. The van der Waals surface area contributed by atoms with Crippen LogP contribution in [0.5, 0.6) is 5.75 Å². The highest BCUT2D eigenvalue weighted by Gasteiger charge is 2.35. The van der Waals surface area contributed by atoms with Crippen molar-refractivity contribution in [2.45, 2.75) is 84.5 Å². The minimum atomic E-state index is -0.357. The molecule has 0 aliphatic carbocycles. The summed E-state index contributed by atoms with van der Waals surface area (Å²) in [4.78, 5) is 16.2. The predicted molar refractivity (Wildman–Crippen MR) is 133 cm³/mol. The van der Waals surface area contributed by atoms with Crippen molar-refractivity contribution >= 4 is 5.97 Å². The molecule has 0 amide bonds. The molecule has 1 aromatic heterocycles. The Hall–Kier alpha value is -2.80. The first-order chi connectivity index (χ1) is 16.1. The molecule has 0 spiro atoms. The number of fused-ring (bicyclic) bond motifs is 1. The first kappa shape index (κ1) is 24.8. The number of ether oxygens (including phenoxy) is 2. The number of pyridine rings is 1. The molecule has 0 fully saturated rings. The van der Waals surface area contributed by atoms with Gasteiger partial charge in [0.2, 0.25) is 0 Å². The number of benzene rings is 1. The molecule has 2 aromatic rings. The maximum Gasteiger partial charge on any atom is 0.339 e. The van der Waals surface area contributed by atoms with Gasteiger partial charge in [0.1, 0.15) is 11.4 Å². The standard InChI is InChI=1S/C29H37NO3/c1-5-9-10-11-12-22-20-27-26(29(6-2,7-3)17-18-33-27)19-23(22)13-15-25-16-14-24(21-30-25)28(31)32-8-4/h14,16,19-21H,5-12,17-18H2,1-4H3. The Labute approximate surface area is 199 Å². The van der Waals surface area contributed by atoms with Crippen molar-refractivity contribution in [3.05, 3.63) is 58.4 Å². The van der Waals surface area contributed by atoms with Crippen molar-refractivity contribution in [1.82, 2.24) is 4.98 Å². The van der Waals surface area contributed by atoms with Crippen molar-refractivity contribution in [2.75, 3.05) is 13.2 Å². The molecule has 0 saturated heterocycles. The van der Waals surface area contributed by atoms with Gasteiger partial charge >= 0.3 is 5.97 Å². The molecule has 0 saturated carbocycles. The summed E-state index contributed by atoms with van der Waals surface area (Å²) in [5.74, 6) is 7.30. The zero-order valence-electron chi connectivity index (χ0n) is 20.6. The second-order valence-electron chi connectivity index (χ2n) is 8.80. The molecule has 0 unspecified atom stereocenters. The summed E-state index contributed by atoms with van der Waals surface area (Å²) in [6.07, 6.45) is 10.6. The third-order valence-electron chi connectivity index (χ3n) is 6.87. The number of hydrogen-bond donors (Lipinski definition) is 0. The van der Waals surface area contributed by atoms with Gasteiger partial charge in [-0.1, -0.05) is 46.0 Å². The lowest BCUT2D eigenvalue weighted by Crippen LogP contribution is -2.32. The smallest absolute Gasteiger partial charge is 0.339 e. The fourth-order valence-electron chi connectivity index (χ4n) is 4.63. The first-order valence-electron chi connectivity index (χ1n) is 12.5. The number of carbonyl (C=O) groups excluding carboxylic acids is 1. The van der Waals surface area contributed by atoms with Crippen LogP contribution in [0.3, 0.4) is 0 Å². The average Bonchev–Trinajstić information content (AvgIpc) is 2.85. The Kier molecular flexibility index (Phi) is 8.95. The Morgan fingerprint density at radius 3 is 2.58 bits per heavy atom. The van der Waals surface area contributed by atoms with E-state index in [0.717, 1.165) is 50.0 Å². The molecule has 0 bridgehead atoms. The number of rotatable bonds is 9. The zero-order valence-corrected chi connectivity index (χ0v) is 20.6. The van der Waals surface area contributed by atoms with Crippen LogP contribution in [-0.2, 0) is 16.6 Å². The van der Waals surface area contributed by atoms with Crippen LogP contribution in [0.15, 0.2) is 30.5 Å². The van der Waals surface area contributed by atoms with E-state index in [1.165, 1.54) is 36.6 Å². The van der Waals surface area contributed by atoms with Gasteiger partial charge in [-0.2, -0.15) is 0 Å². The SMILES string of the molecule is CCCCCCc1cc2c(cc1C#Cc1ccc(C(=O)OCC)cn1)C(CC)(CC)CCO2. The third-order valence-corrected chi connectivity index (χ3v) is 6.87. The molecule has 3 rings (SSSR count). The van der Waals surface area contributed by atoms with E-state index in [9.17, 15) is 4.79 Å². The van der Waals surface area contributed by atoms with Gasteiger partial charge in [0.25, 0.3) is 0 Å². The number of aromatic nitrogens is 1. The van der Waals surface area contributed by atoms with Crippen LogP contribution in [0, 0.1) is 11.8 Å². The van der Waals surface area contributed by atoms with Crippen molar-refractivity contribution in [3.63, 3.8) is 0 Å².